The van der Waals surface area contributed by atoms with Gasteiger partial charge in [0.15, 0.2) is 0 Å². The van der Waals surface area contributed by atoms with Gasteiger partial charge in [0.25, 0.3) is 0 Å². The lowest BCUT2D eigenvalue weighted by molar-refractivity contribution is -0.137. The van der Waals surface area contributed by atoms with Gasteiger partial charge in [-0.1, -0.05) is 53.0 Å². The predicted octanol–water partition coefficient (Wildman–Crippen LogP) is 6.77. The van der Waals surface area contributed by atoms with Gasteiger partial charge < -0.3 is 5.32 Å². The standard InChI is InChI=1S/C25H23Cl2F3N2O3S/c1-15-10-16(2)24(17(3)11-15)36(34,35)32(13-18-4-6-19(26)7-5-18)14-23(33)31-20-8-9-22(27)21(12-20)25(28,29)30/h4-12H,13-14H2,1-3H3,(H,31,33). The van der Waals surface area contributed by atoms with Crippen molar-refractivity contribution in [2.24, 2.45) is 0 Å². The number of halogens is 5. The number of sulfonamides is 1. The number of nitrogens with one attached hydrogen (secondary N) is 1. The Hall–Kier alpha value is -2.59. The highest BCUT2D eigenvalue weighted by Crippen LogP contribution is 2.36. The number of aryl methyl sites for hydroxylation is 3. The van der Waals surface area contributed by atoms with Crippen LogP contribution in [0, 0.1) is 20.8 Å². The molecule has 3 aromatic rings. The Morgan fingerprint density at radius 1 is 0.944 bits per heavy atom. The van der Waals surface area contributed by atoms with Gasteiger partial charge in [0.2, 0.25) is 15.9 Å². The van der Waals surface area contributed by atoms with E-state index in [0.29, 0.717) is 27.8 Å². The largest absolute Gasteiger partial charge is 0.417 e. The lowest BCUT2D eigenvalue weighted by Crippen LogP contribution is -2.38. The lowest BCUT2D eigenvalue weighted by Gasteiger charge is -2.24. The van der Waals surface area contributed by atoms with E-state index in [9.17, 15) is 26.4 Å². The molecular formula is C25H23Cl2F3N2O3S. The van der Waals surface area contributed by atoms with E-state index in [0.717, 1.165) is 15.9 Å². The van der Waals surface area contributed by atoms with Crippen LogP contribution in [0.4, 0.5) is 18.9 Å². The minimum atomic E-state index is -4.72. The van der Waals surface area contributed by atoms with Crippen LogP contribution in [0.1, 0.15) is 27.8 Å². The molecule has 3 rings (SSSR count). The first-order valence-corrected chi connectivity index (χ1v) is 12.9. The molecule has 0 aliphatic rings. The zero-order valence-corrected chi connectivity index (χ0v) is 21.9. The Morgan fingerprint density at radius 3 is 2.08 bits per heavy atom. The predicted molar refractivity (Wildman–Crippen MR) is 135 cm³/mol. The van der Waals surface area contributed by atoms with Crippen LogP contribution in [0.2, 0.25) is 10.0 Å². The van der Waals surface area contributed by atoms with Crippen LogP contribution in [0.25, 0.3) is 0 Å². The van der Waals surface area contributed by atoms with Crippen molar-refractivity contribution in [3.8, 4) is 0 Å². The van der Waals surface area contributed by atoms with Gasteiger partial charge in [-0.2, -0.15) is 17.5 Å². The number of benzene rings is 3. The van der Waals surface area contributed by atoms with Crippen LogP contribution in [-0.4, -0.2) is 25.2 Å². The van der Waals surface area contributed by atoms with Crippen molar-refractivity contribution >= 4 is 44.8 Å². The number of anilines is 1. The molecule has 1 N–H and O–H groups in total. The van der Waals surface area contributed by atoms with Gasteiger partial charge in [0, 0.05) is 17.3 Å². The number of carbonyl (C=O) groups excluding carboxylic acids is 1. The number of carbonyl (C=O) groups is 1. The Bertz CT molecular complexity index is 1370. The van der Waals surface area contributed by atoms with Gasteiger partial charge >= 0.3 is 6.18 Å². The highest BCUT2D eigenvalue weighted by atomic mass is 35.5. The monoisotopic (exact) mass is 558 g/mol. The van der Waals surface area contributed by atoms with Gasteiger partial charge in [0.1, 0.15) is 0 Å². The van der Waals surface area contributed by atoms with Gasteiger partial charge in [-0.3, -0.25) is 4.79 Å². The third-order valence-corrected chi connectivity index (χ3v) is 8.03. The number of rotatable bonds is 7. The van der Waals surface area contributed by atoms with E-state index in [1.165, 1.54) is 6.07 Å². The fraction of sp³-hybridized carbons (Fsp3) is 0.240. The van der Waals surface area contributed by atoms with E-state index < -0.39 is 39.2 Å². The molecule has 0 aliphatic heterocycles. The molecule has 0 fully saturated rings. The molecular weight excluding hydrogens is 536 g/mol. The fourth-order valence-electron chi connectivity index (χ4n) is 3.90. The van der Waals surface area contributed by atoms with Crippen molar-refractivity contribution in [1.82, 2.24) is 4.31 Å². The molecule has 0 bridgehead atoms. The maximum atomic E-state index is 13.7. The maximum absolute atomic E-state index is 13.7. The highest BCUT2D eigenvalue weighted by molar-refractivity contribution is 7.89. The molecule has 0 radical (unpaired) electrons. The molecule has 0 atom stereocenters. The number of amides is 1. The third kappa shape index (κ3) is 6.59. The van der Waals surface area contributed by atoms with Crippen LogP contribution >= 0.6 is 23.2 Å². The zero-order valence-electron chi connectivity index (χ0n) is 19.6. The minimum absolute atomic E-state index is 0.0701. The lowest BCUT2D eigenvalue weighted by atomic mass is 10.1. The van der Waals surface area contributed by atoms with Gasteiger partial charge in [-0.15, -0.1) is 0 Å². The Labute approximate surface area is 217 Å². The van der Waals surface area contributed by atoms with E-state index in [1.807, 2.05) is 6.92 Å². The molecule has 0 saturated carbocycles. The molecule has 192 valence electrons. The third-order valence-electron chi connectivity index (χ3n) is 5.35. The average Bonchev–Trinajstić information content (AvgIpc) is 2.74. The molecule has 5 nitrogen and oxygen atoms in total. The van der Waals surface area contributed by atoms with Crippen molar-refractivity contribution in [3.05, 3.63) is 92.5 Å². The summed E-state index contributed by atoms with van der Waals surface area (Å²) in [6, 6.07) is 12.8. The summed E-state index contributed by atoms with van der Waals surface area (Å²) in [6.45, 7) is 4.38. The van der Waals surface area contributed by atoms with Crippen molar-refractivity contribution in [2.75, 3.05) is 11.9 Å². The second-order valence-corrected chi connectivity index (χ2v) is 11.1. The number of alkyl halides is 3. The normalized spacial score (nSPS) is 12.1. The van der Waals surface area contributed by atoms with E-state index in [-0.39, 0.29) is 17.1 Å². The van der Waals surface area contributed by atoms with Crippen LogP contribution < -0.4 is 5.32 Å². The van der Waals surface area contributed by atoms with Gasteiger partial charge in [-0.05, 0) is 67.8 Å². The summed E-state index contributed by atoms with van der Waals surface area (Å²) in [5.74, 6) is -0.814. The topological polar surface area (TPSA) is 66.5 Å². The van der Waals surface area contributed by atoms with Crippen LogP contribution in [0.15, 0.2) is 59.5 Å². The summed E-state index contributed by atoms with van der Waals surface area (Å²) < 4.78 is 68.0. The molecule has 0 aliphatic carbocycles. The van der Waals surface area contributed by atoms with Crippen LogP contribution in [-0.2, 0) is 27.5 Å². The minimum Gasteiger partial charge on any atom is -0.325 e. The van der Waals surface area contributed by atoms with Crippen LogP contribution in [0.5, 0.6) is 0 Å². The SMILES string of the molecule is Cc1cc(C)c(S(=O)(=O)N(CC(=O)Nc2ccc(Cl)c(C(F)(F)F)c2)Cc2ccc(Cl)cc2)c(C)c1. The Morgan fingerprint density at radius 2 is 1.53 bits per heavy atom. The highest BCUT2D eigenvalue weighted by Gasteiger charge is 2.34. The molecule has 3 aromatic carbocycles. The van der Waals surface area contributed by atoms with Crippen molar-refractivity contribution < 1.29 is 26.4 Å². The van der Waals surface area contributed by atoms with E-state index in [4.69, 9.17) is 23.2 Å². The van der Waals surface area contributed by atoms with Crippen molar-refractivity contribution in [3.63, 3.8) is 0 Å². The average molecular weight is 559 g/mol. The quantitative estimate of drug-likeness (QED) is 0.348. The molecule has 1 amide bonds. The first-order chi connectivity index (χ1) is 16.7. The summed E-state index contributed by atoms with van der Waals surface area (Å²) in [5.41, 5.74) is 1.21. The van der Waals surface area contributed by atoms with E-state index in [1.54, 1.807) is 50.2 Å². The number of hydrogen-bond donors (Lipinski definition) is 1. The van der Waals surface area contributed by atoms with Crippen molar-refractivity contribution in [2.45, 2.75) is 38.4 Å². The molecule has 11 heteroatoms. The van der Waals surface area contributed by atoms with Gasteiger partial charge in [-0.25, -0.2) is 8.42 Å². The van der Waals surface area contributed by atoms with Crippen LogP contribution in [0.3, 0.4) is 0 Å². The smallest absolute Gasteiger partial charge is 0.325 e. The molecule has 0 unspecified atom stereocenters. The molecule has 0 spiro atoms. The summed E-state index contributed by atoms with van der Waals surface area (Å²) >= 11 is 11.6. The second-order valence-electron chi connectivity index (χ2n) is 8.37. The molecule has 0 aromatic heterocycles. The first-order valence-electron chi connectivity index (χ1n) is 10.7. The summed E-state index contributed by atoms with van der Waals surface area (Å²) in [4.78, 5) is 12.9. The fourth-order valence-corrected chi connectivity index (χ4v) is 6.05. The zero-order chi connectivity index (χ0) is 26.8. The molecule has 36 heavy (non-hydrogen) atoms. The Balaban J connectivity index is 1.96. The van der Waals surface area contributed by atoms with E-state index >= 15 is 0 Å². The number of hydrogen-bond acceptors (Lipinski definition) is 3. The van der Waals surface area contributed by atoms with Gasteiger partial charge in [0.05, 0.1) is 22.0 Å². The Kier molecular flexibility index (Phi) is 8.40. The summed E-state index contributed by atoms with van der Waals surface area (Å²) in [7, 11) is -4.17. The molecule has 0 heterocycles. The van der Waals surface area contributed by atoms with Crippen molar-refractivity contribution in [1.29, 1.82) is 0 Å². The number of nitrogens with zero attached hydrogens (tertiary/aromatic N) is 1. The van der Waals surface area contributed by atoms with E-state index in [2.05, 4.69) is 5.32 Å². The maximum Gasteiger partial charge on any atom is 0.417 e. The first kappa shape index (κ1) is 28.0. The molecule has 0 saturated heterocycles. The second kappa shape index (κ2) is 10.8. The summed E-state index contributed by atoms with van der Waals surface area (Å²) in [6.07, 6.45) is -4.72. The summed E-state index contributed by atoms with van der Waals surface area (Å²) in [5, 5.41) is 2.29.